The van der Waals surface area contributed by atoms with E-state index >= 15 is 0 Å². The van der Waals surface area contributed by atoms with Crippen LogP contribution in [0.4, 0.5) is 0 Å². The first-order chi connectivity index (χ1) is 8.83. The van der Waals surface area contributed by atoms with Crippen LogP contribution in [0.3, 0.4) is 0 Å². The fourth-order valence-electron chi connectivity index (χ4n) is 2.29. The van der Waals surface area contributed by atoms with Crippen molar-refractivity contribution in [2.75, 3.05) is 0 Å². The Balaban J connectivity index is 1.91. The summed E-state index contributed by atoms with van der Waals surface area (Å²) in [7, 11) is 0. The van der Waals surface area contributed by atoms with Crippen molar-refractivity contribution in [3.05, 3.63) is 30.1 Å². The lowest BCUT2D eigenvalue weighted by molar-refractivity contribution is -0.697. The van der Waals surface area contributed by atoms with Gasteiger partial charge in [0.1, 0.15) is 6.54 Å². The highest BCUT2D eigenvalue weighted by Gasteiger charge is 1.99. The van der Waals surface area contributed by atoms with E-state index in [0.29, 0.717) is 0 Å². The van der Waals surface area contributed by atoms with Crippen LogP contribution in [0.2, 0.25) is 0 Å². The van der Waals surface area contributed by atoms with Crippen molar-refractivity contribution in [3.8, 4) is 0 Å². The molecular weight excluding hydrogens is 218 g/mol. The minimum atomic E-state index is 1.18. The Kier molecular flexibility index (Phi) is 8.54. The van der Waals surface area contributed by atoms with Gasteiger partial charge in [-0.3, -0.25) is 0 Å². The third-order valence-corrected chi connectivity index (χ3v) is 3.58. The monoisotopic (exact) mass is 248 g/mol. The summed E-state index contributed by atoms with van der Waals surface area (Å²) in [6, 6.07) is 4.38. The van der Waals surface area contributed by atoms with Crippen LogP contribution in [0, 0.1) is 6.92 Å². The molecule has 0 N–H and O–H groups in total. The lowest BCUT2D eigenvalue weighted by atomic mass is 10.1. The molecule has 0 radical (unpaired) electrons. The first-order valence-electron chi connectivity index (χ1n) is 7.78. The smallest absolute Gasteiger partial charge is 0.169 e. The largest absolute Gasteiger partial charge is 0.205 e. The molecule has 0 saturated heterocycles. The summed E-state index contributed by atoms with van der Waals surface area (Å²) in [6.45, 7) is 5.60. The van der Waals surface area contributed by atoms with Gasteiger partial charge in [0.15, 0.2) is 12.4 Å². The summed E-state index contributed by atoms with van der Waals surface area (Å²) in [5.41, 5.74) is 1.35. The first kappa shape index (κ1) is 15.2. The molecule has 1 aromatic heterocycles. The van der Waals surface area contributed by atoms with Crippen LogP contribution in [0.5, 0.6) is 0 Å². The van der Waals surface area contributed by atoms with Crippen LogP contribution >= 0.6 is 0 Å². The molecule has 1 nitrogen and oxygen atoms in total. The third-order valence-electron chi connectivity index (χ3n) is 3.58. The molecule has 0 aromatic carbocycles. The van der Waals surface area contributed by atoms with Crippen molar-refractivity contribution in [3.63, 3.8) is 0 Å². The molecule has 1 heterocycles. The van der Waals surface area contributed by atoms with Gasteiger partial charge in [-0.2, -0.15) is 0 Å². The van der Waals surface area contributed by atoms with Crippen molar-refractivity contribution in [1.82, 2.24) is 0 Å². The van der Waals surface area contributed by atoms with Gasteiger partial charge >= 0.3 is 0 Å². The highest BCUT2D eigenvalue weighted by molar-refractivity contribution is 5.03. The van der Waals surface area contributed by atoms with Crippen LogP contribution in [-0.2, 0) is 6.54 Å². The molecule has 0 bridgehead atoms. The average molecular weight is 248 g/mol. The Hall–Kier alpha value is -0.850. The number of rotatable bonds is 10. The van der Waals surface area contributed by atoms with Gasteiger partial charge in [0.05, 0.1) is 0 Å². The maximum absolute atomic E-state index is 2.30. The number of hydrogen-bond acceptors (Lipinski definition) is 0. The maximum atomic E-state index is 2.30. The van der Waals surface area contributed by atoms with E-state index in [0.717, 1.165) is 0 Å². The Bertz CT molecular complexity index is 289. The molecule has 0 atom stereocenters. The quantitative estimate of drug-likeness (QED) is 0.413. The Morgan fingerprint density at radius 2 is 1.28 bits per heavy atom. The molecular formula is C17H30N+. The Labute approximate surface area is 113 Å². The molecule has 0 spiro atoms. The van der Waals surface area contributed by atoms with Crippen molar-refractivity contribution in [2.24, 2.45) is 0 Å². The molecule has 0 amide bonds. The Morgan fingerprint density at radius 3 is 1.83 bits per heavy atom. The van der Waals surface area contributed by atoms with Crippen molar-refractivity contribution >= 4 is 0 Å². The lowest BCUT2D eigenvalue weighted by Crippen LogP contribution is -2.32. The van der Waals surface area contributed by atoms with E-state index in [2.05, 4.69) is 42.9 Å². The van der Waals surface area contributed by atoms with Gasteiger partial charge in [-0.15, -0.1) is 0 Å². The first-order valence-corrected chi connectivity index (χ1v) is 7.78. The molecule has 102 valence electrons. The molecule has 0 unspecified atom stereocenters. The van der Waals surface area contributed by atoms with Crippen LogP contribution in [0.25, 0.3) is 0 Å². The average Bonchev–Trinajstić information content (AvgIpc) is 2.39. The van der Waals surface area contributed by atoms with E-state index in [1.165, 1.54) is 69.9 Å². The summed E-state index contributed by atoms with van der Waals surface area (Å²) in [5, 5.41) is 0. The SMILES string of the molecule is CCCCCCCCCCC[n+]1ccc(C)cc1. The van der Waals surface area contributed by atoms with E-state index in [1.54, 1.807) is 0 Å². The lowest BCUT2D eigenvalue weighted by Gasteiger charge is -2.01. The summed E-state index contributed by atoms with van der Waals surface area (Å²) in [4.78, 5) is 0. The third kappa shape index (κ3) is 7.47. The zero-order valence-corrected chi connectivity index (χ0v) is 12.3. The van der Waals surface area contributed by atoms with Crippen LogP contribution in [0.15, 0.2) is 24.5 Å². The zero-order chi connectivity index (χ0) is 13.1. The summed E-state index contributed by atoms with van der Waals surface area (Å²) in [6.07, 6.45) is 17.0. The van der Waals surface area contributed by atoms with Gasteiger partial charge in [0.2, 0.25) is 0 Å². The normalized spacial score (nSPS) is 10.8. The van der Waals surface area contributed by atoms with Gasteiger partial charge in [-0.05, 0) is 18.9 Å². The second kappa shape index (κ2) is 10.1. The molecule has 1 aromatic rings. The van der Waals surface area contributed by atoms with Crippen LogP contribution < -0.4 is 4.57 Å². The second-order valence-corrected chi connectivity index (χ2v) is 5.44. The molecule has 0 aliphatic rings. The molecule has 0 aliphatic carbocycles. The van der Waals surface area contributed by atoms with Crippen molar-refractivity contribution in [2.45, 2.75) is 78.2 Å². The molecule has 0 saturated carbocycles. The van der Waals surface area contributed by atoms with E-state index in [4.69, 9.17) is 0 Å². The van der Waals surface area contributed by atoms with E-state index in [-0.39, 0.29) is 0 Å². The minimum Gasteiger partial charge on any atom is -0.205 e. The number of aryl methyl sites for hydroxylation is 2. The van der Waals surface area contributed by atoms with E-state index in [9.17, 15) is 0 Å². The fourth-order valence-corrected chi connectivity index (χ4v) is 2.29. The van der Waals surface area contributed by atoms with E-state index < -0.39 is 0 Å². The predicted octanol–water partition coefficient (Wildman–Crippen LogP) is 4.81. The van der Waals surface area contributed by atoms with E-state index in [1.807, 2.05) is 0 Å². The molecule has 1 heteroatoms. The Morgan fingerprint density at radius 1 is 0.778 bits per heavy atom. The summed E-state index contributed by atoms with van der Waals surface area (Å²) >= 11 is 0. The summed E-state index contributed by atoms with van der Waals surface area (Å²) < 4.78 is 2.30. The number of aromatic nitrogens is 1. The number of unbranched alkanes of at least 4 members (excludes halogenated alkanes) is 8. The molecule has 0 fully saturated rings. The van der Waals surface area contributed by atoms with Crippen LogP contribution in [0.1, 0.15) is 70.3 Å². The fraction of sp³-hybridized carbons (Fsp3) is 0.706. The second-order valence-electron chi connectivity index (χ2n) is 5.44. The molecule has 1 rings (SSSR count). The molecule has 18 heavy (non-hydrogen) atoms. The van der Waals surface area contributed by atoms with Crippen molar-refractivity contribution < 1.29 is 4.57 Å². The van der Waals surface area contributed by atoms with Gasteiger partial charge in [-0.1, -0.05) is 51.9 Å². The highest BCUT2D eigenvalue weighted by atomic mass is 14.9. The maximum Gasteiger partial charge on any atom is 0.169 e. The number of pyridine rings is 1. The predicted molar refractivity (Wildman–Crippen MR) is 78.6 cm³/mol. The topological polar surface area (TPSA) is 3.88 Å². The highest BCUT2D eigenvalue weighted by Crippen LogP contribution is 2.09. The zero-order valence-electron chi connectivity index (χ0n) is 12.3. The van der Waals surface area contributed by atoms with Gasteiger partial charge < -0.3 is 0 Å². The minimum absolute atomic E-state index is 1.18. The number of hydrogen-bond donors (Lipinski definition) is 0. The van der Waals surface area contributed by atoms with Crippen molar-refractivity contribution in [1.29, 1.82) is 0 Å². The molecule has 0 aliphatic heterocycles. The van der Waals surface area contributed by atoms with Gasteiger partial charge in [-0.25, -0.2) is 4.57 Å². The number of nitrogens with zero attached hydrogens (tertiary/aromatic N) is 1. The standard InChI is InChI=1S/C17H30N/c1-3-4-5-6-7-8-9-10-11-14-18-15-12-17(2)13-16-18/h12-13,15-16H,3-11,14H2,1-2H3/q+1. The van der Waals surface area contributed by atoms with Gasteiger partial charge in [0, 0.05) is 18.6 Å². The summed E-state index contributed by atoms with van der Waals surface area (Å²) in [5.74, 6) is 0. The van der Waals surface area contributed by atoms with Crippen LogP contribution in [-0.4, -0.2) is 0 Å². The van der Waals surface area contributed by atoms with Gasteiger partial charge in [0.25, 0.3) is 0 Å².